The molecule has 2 aliphatic rings. The number of carbonyl (C=O) groups excluding carboxylic acids is 1. The molecular formula is C21H26N4O2. The fraction of sp³-hybridized carbons (Fsp3) is 0.381. The first-order valence-corrected chi connectivity index (χ1v) is 9.61. The van der Waals surface area contributed by atoms with Crippen LogP contribution in [0, 0.1) is 0 Å². The van der Waals surface area contributed by atoms with E-state index in [1.807, 2.05) is 59.5 Å². The summed E-state index contributed by atoms with van der Waals surface area (Å²) >= 11 is 0. The number of nitrogens with zero attached hydrogens (tertiary/aromatic N) is 2. The minimum Gasteiger partial charge on any atom is -0.457 e. The minimum absolute atomic E-state index is 0.0453. The Labute approximate surface area is 160 Å². The number of nitrogens with one attached hydrogen (secondary N) is 2. The van der Waals surface area contributed by atoms with Gasteiger partial charge in [-0.1, -0.05) is 24.3 Å². The highest BCUT2D eigenvalue weighted by atomic mass is 16.5. The first-order valence-electron chi connectivity index (χ1n) is 9.61. The molecule has 0 saturated carbocycles. The standard InChI is InChI=1S/C21H26N4O2/c26-21(25-13-11-24(12-14-25)18-9-10-22-16-18)23-17-5-4-8-20(15-17)27-19-6-2-1-3-7-19/h1-8,15,18,22H,9-14,16H2,(H,23,26). The molecule has 0 spiro atoms. The summed E-state index contributed by atoms with van der Waals surface area (Å²) in [6.45, 7) is 5.59. The number of hydrogen-bond donors (Lipinski definition) is 2. The van der Waals surface area contributed by atoms with Crippen LogP contribution in [0.5, 0.6) is 11.5 Å². The number of benzene rings is 2. The zero-order chi connectivity index (χ0) is 18.5. The number of para-hydroxylation sites is 1. The van der Waals surface area contributed by atoms with Crippen molar-refractivity contribution in [3.8, 4) is 11.5 Å². The second kappa shape index (κ2) is 8.41. The van der Waals surface area contributed by atoms with E-state index in [4.69, 9.17) is 4.74 Å². The number of anilines is 1. The van der Waals surface area contributed by atoms with Crippen LogP contribution in [0.1, 0.15) is 6.42 Å². The number of piperazine rings is 1. The molecule has 0 aromatic heterocycles. The molecule has 1 unspecified atom stereocenters. The van der Waals surface area contributed by atoms with E-state index in [1.54, 1.807) is 0 Å². The van der Waals surface area contributed by atoms with Crippen LogP contribution in [0.4, 0.5) is 10.5 Å². The number of carbonyl (C=O) groups is 1. The van der Waals surface area contributed by atoms with Gasteiger partial charge < -0.3 is 20.3 Å². The molecule has 1 atom stereocenters. The molecule has 0 radical (unpaired) electrons. The third-order valence-electron chi connectivity index (χ3n) is 5.22. The number of ether oxygens (including phenoxy) is 1. The van der Waals surface area contributed by atoms with Gasteiger partial charge in [-0.2, -0.15) is 0 Å². The Morgan fingerprint density at radius 2 is 1.78 bits per heavy atom. The molecule has 0 aliphatic carbocycles. The van der Waals surface area contributed by atoms with E-state index in [0.29, 0.717) is 11.8 Å². The average Bonchev–Trinajstić information content (AvgIpc) is 3.24. The highest BCUT2D eigenvalue weighted by molar-refractivity contribution is 5.89. The largest absolute Gasteiger partial charge is 0.457 e. The molecule has 2 aromatic carbocycles. The van der Waals surface area contributed by atoms with Gasteiger partial charge in [-0.25, -0.2) is 4.79 Å². The minimum atomic E-state index is -0.0453. The van der Waals surface area contributed by atoms with Crippen LogP contribution in [0.25, 0.3) is 0 Å². The molecule has 142 valence electrons. The van der Waals surface area contributed by atoms with Crippen LogP contribution in [0.15, 0.2) is 54.6 Å². The van der Waals surface area contributed by atoms with Crippen LogP contribution in [0.3, 0.4) is 0 Å². The second-order valence-corrected chi connectivity index (χ2v) is 7.04. The van der Waals surface area contributed by atoms with E-state index in [1.165, 1.54) is 6.42 Å². The molecule has 6 nitrogen and oxygen atoms in total. The number of amides is 2. The smallest absolute Gasteiger partial charge is 0.321 e. The summed E-state index contributed by atoms with van der Waals surface area (Å²) in [5.41, 5.74) is 0.746. The Kier molecular flexibility index (Phi) is 5.55. The Hall–Kier alpha value is -2.57. The highest BCUT2D eigenvalue weighted by Gasteiger charge is 2.27. The summed E-state index contributed by atoms with van der Waals surface area (Å²) in [6, 6.07) is 17.7. The molecule has 2 N–H and O–H groups in total. The number of urea groups is 1. The first kappa shape index (κ1) is 17.8. The van der Waals surface area contributed by atoms with Gasteiger partial charge in [0.2, 0.25) is 0 Å². The van der Waals surface area contributed by atoms with Crippen molar-refractivity contribution in [2.75, 3.05) is 44.6 Å². The van der Waals surface area contributed by atoms with E-state index in [0.717, 1.165) is 50.7 Å². The molecule has 6 heteroatoms. The summed E-state index contributed by atoms with van der Waals surface area (Å²) in [5, 5.41) is 6.41. The van der Waals surface area contributed by atoms with E-state index in [-0.39, 0.29) is 6.03 Å². The Balaban J connectivity index is 1.31. The van der Waals surface area contributed by atoms with Crippen LogP contribution < -0.4 is 15.4 Å². The number of rotatable bonds is 4. The van der Waals surface area contributed by atoms with E-state index >= 15 is 0 Å². The summed E-state index contributed by atoms with van der Waals surface area (Å²) in [6.07, 6.45) is 1.21. The van der Waals surface area contributed by atoms with Gasteiger partial charge in [-0.3, -0.25) is 4.90 Å². The third-order valence-corrected chi connectivity index (χ3v) is 5.22. The van der Waals surface area contributed by atoms with Crippen LogP contribution in [-0.4, -0.2) is 61.1 Å². The molecule has 2 fully saturated rings. The monoisotopic (exact) mass is 366 g/mol. The maximum atomic E-state index is 12.6. The average molecular weight is 366 g/mol. The lowest BCUT2D eigenvalue weighted by atomic mass is 10.2. The molecule has 2 aliphatic heterocycles. The van der Waals surface area contributed by atoms with Gasteiger partial charge in [0.05, 0.1) is 0 Å². The van der Waals surface area contributed by atoms with Gasteiger partial charge in [0.15, 0.2) is 0 Å². The normalized spacial score (nSPS) is 20.4. The maximum absolute atomic E-state index is 12.6. The van der Waals surface area contributed by atoms with Crippen molar-refractivity contribution in [1.29, 1.82) is 0 Å². The lowest BCUT2D eigenvalue weighted by Crippen LogP contribution is -2.53. The fourth-order valence-corrected chi connectivity index (χ4v) is 3.71. The zero-order valence-corrected chi connectivity index (χ0v) is 15.4. The van der Waals surface area contributed by atoms with Gasteiger partial charge in [0.1, 0.15) is 11.5 Å². The van der Waals surface area contributed by atoms with Gasteiger partial charge in [-0.05, 0) is 37.2 Å². The van der Waals surface area contributed by atoms with Crippen molar-refractivity contribution in [2.24, 2.45) is 0 Å². The Morgan fingerprint density at radius 1 is 1.00 bits per heavy atom. The first-order chi connectivity index (χ1) is 13.3. The molecule has 2 saturated heterocycles. The van der Waals surface area contributed by atoms with Gasteiger partial charge in [0.25, 0.3) is 0 Å². The number of hydrogen-bond acceptors (Lipinski definition) is 4. The Morgan fingerprint density at radius 3 is 2.52 bits per heavy atom. The summed E-state index contributed by atoms with van der Waals surface area (Å²) < 4.78 is 5.84. The van der Waals surface area contributed by atoms with E-state index in [2.05, 4.69) is 15.5 Å². The van der Waals surface area contributed by atoms with E-state index < -0.39 is 0 Å². The van der Waals surface area contributed by atoms with Gasteiger partial charge in [-0.15, -0.1) is 0 Å². The third kappa shape index (κ3) is 4.59. The SMILES string of the molecule is O=C(Nc1cccc(Oc2ccccc2)c1)N1CCN(C2CCNC2)CC1. The maximum Gasteiger partial charge on any atom is 0.321 e. The summed E-state index contributed by atoms with van der Waals surface area (Å²) in [7, 11) is 0. The predicted octanol–water partition coefficient (Wildman–Crippen LogP) is 2.99. The van der Waals surface area contributed by atoms with Crippen molar-refractivity contribution in [2.45, 2.75) is 12.5 Å². The summed E-state index contributed by atoms with van der Waals surface area (Å²) in [4.78, 5) is 17.0. The van der Waals surface area contributed by atoms with E-state index in [9.17, 15) is 4.79 Å². The highest BCUT2D eigenvalue weighted by Crippen LogP contribution is 2.24. The fourth-order valence-electron chi connectivity index (χ4n) is 3.71. The van der Waals surface area contributed by atoms with Gasteiger partial charge >= 0.3 is 6.03 Å². The predicted molar refractivity (Wildman–Crippen MR) is 106 cm³/mol. The topological polar surface area (TPSA) is 56.8 Å². The quantitative estimate of drug-likeness (QED) is 0.873. The van der Waals surface area contributed by atoms with Gasteiger partial charge in [0, 0.05) is 50.5 Å². The van der Waals surface area contributed by atoms with Crippen LogP contribution in [0.2, 0.25) is 0 Å². The van der Waals surface area contributed by atoms with Crippen molar-refractivity contribution < 1.29 is 9.53 Å². The van der Waals surface area contributed by atoms with Crippen molar-refractivity contribution >= 4 is 11.7 Å². The summed E-state index contributed by atoms with van der Waals surface area (Å²) in [5.74, 6) is 1.48. The molecule has 2 aromatic rings. The van der Waals surface area contributed by atoms with Crippen LogP contribution >= 0.6 is 0 Å². The van der Waals surface area contributed by atoms with Crippen molar-refractivity contribution in [1.82, 2.24) is 15.1 Å². The lowest BCUT2D eigenvalue weighted by molar-refractivity contribution is 0.119. The second-order valence-electron chi connectivity index (χ2n) is 7.04. The molecule has 2 heterocycles. The van der Waals surface area contributed by atoms with Crippen molar-refractivity contribution in [3.63, 3.8) is 0 Å². The lowest BCUT2D eigenvalue weighted by Gasteiger charge is -2.37. The molecule has 2 amide bonds. The van der Waals surface area contributed by atoms with Crippen LogP contribution in [-0.2, 0) is 0 Å². The molecule has 0 bridgehead atoms. The van der Waals surface area contributed by atoms with Crippen molar-refractivity contribution in [3.05, 3.63) is 54.6 Å². The molecule has 27 heavy (non-hydrogen) atoms. The molecule has 4 rings (SSSR count). The Bertz CT molecular complexity index is 754. The zero-order valence-electron chi connectivity index (χ0n) is 15.4. The molecular weight excluding hydrogens is 340 g/mol.